The third-order valence-electron chi connectivity index (χ3n) is 4.33. The lowest BCUT2D eigenvalue weighted by Gasteiger charge is -2.22. The topological polar surface area (TPSA) is 63.2 Å². The van der Waals surface area contributed by atoms with Crippen molar-refractivity contribution >= 4 is 11.6 Å². The molecule has 0 atom stereocenters. The first-order valence-corrected chi connectivity index (χ1v) is 10.9. The van der Waals surface area contributed by atoms with Crippen molar-refractivity contribution in [1.82, 2.24) is 10.3 Å². The first-order chi connectivity index (χ1) is 15.1. The minimum absolute atomic E-state index is 0.0280. The van der Waals surface area contributed by atoms with Crippen LogP contribution < -0.4 is 15.4 Å². The molecular formula is C24H36F3N3O2. The van der Waals surface area contributed by atoms with Crippen LogP contribution in [-0.2, 0) is 6.54 Å². The smallest absolute Gasteiger partial charge is 0.406 e. The molecule has 5 nitrogen and oxygen atoms in total. The quantitative estimate of drug-likeness (QED) is 0.459. The molecule has 1 aromatic carbocycles. The van der Waals surface area contributed by atoms with Gasteiger partial charge < -0.3 is 15.4 Å². The Morgan fingerprint density at radius 2 is 1.59 bits per heavy atom. The summed E-state index contributed by atoms with van der Waals surface area (Å²) < 4.78 is 40.3. The van der Waals surface area contributed by atoms with Gasteiger partial charge >= 0.3 is 6.36 Å². The highest BCUT2D eigenvalue weighted by Crippen LogP contribution is 2.24. The number of aromatic nitrogens is 1. The largest absolute Gasteiger partial charge is 0.573 e. The van der Waals surface area contributed by atoms with Crippen molar-refractivity contribution in [3.8, 4) is 5.75 Å². The van der Waals surface area contributed by atoms with Gasteiger partial charge in [-0.05, 0) is 47.7 Å². The number of nitrogens with zero attached hydrogens (tertiary/aromatic N) is 1. The molecule has 0 saturated carbocycles. The average molecular weight is 456 g/mol. The Balaban J connectivity index is 0.00000227. The van der Waals surface area contributed by atoms with Crippen LogP contribution in [0, 0.1) is 5.41 Å². The third-order valence-corrected chi connectivity index (χ3v) is 4.33. The maximum absolute atomic E-state index is 12.2. The summed E-state index contributed by atoms with van der Waals surface area (Å²) in [4.78, 5) is 16.3. The van der Waals surface area contributed by atoms with Crippen molar-refractivity contribution in [1.29, 1.82) is 0 Å². The fourth-order valence-corrected chi connectivity index (χ4v) is 2.18. The van der Waals surface area contributed by atoms with Gasteiger partial charge in [-0.15, -0.1) is 13.2 Å². The zero-order valence-corrected chi connectivity index (χ0v) is 20.1. The van der Waals surface area contributed by atoms with Gasteiger partial charge in [0.25, 0.3) is 5.91 Å². The summed E-state index contributed by atoms with van der Waals surface area (Å²) >= 11 is 0. The fraction of sp³-hybridized carbons (Fsp3) is 0.500. The van der Waals surface area contributed by atoms with E-state index in [1.54, 1.807) is 18.3 Å². The Hall–Kier alpha value is -2.77. The maximum atomic E-state index is 12.2. The number of anilines is 1. The molecule has 0 aliphatic carbocycles. The van der Waals surface area contributed by atoms with Crippen LogP contribution in [0.4, 0.5) is 18.9 Å². The Labute approximate surface area is 189 Å². The van der Waals surface area contributed by atoms with Gasteiger partial charge in [-0.2, -0.15) is 0 Å². The van der Waals surface area contributed by atoms with Crippen molar-refractivity contribution in [2.24, 2.45) is 5.41 Å². The number of rotatable bonds is 8. The Morgan fingerprint density at radius 3 is 2.06 bits per heavy atom. The van der Waals surface area contributed by atoms with Crippen LogP contribution >= 0.6 is 0 Å². The zero-order chi connectivity index (χ0) is 24.8. The van der Waals surface area contributed by atoms with Crippen LogP contribution in [0.1, 0.15) is 70.9 Å². The number of carbonyl (C=O) groups excluding carboxylic acids is 1. The summed E-state index contributed by atoms with van der Waals surface area (Å²) in [6.45, 7) is 15.2. The van der Waals surface area contributed by atoms with E-state index >= 15 is 0 Å². The van der Waals surface area contributed by atoms with Crippen molar-refractivity contribution in [2.75, 3.05) is 11.9 Å². The van der Waals surface area contributed by atoms with E-state index in [9.17, 15) is 18.0 Å². The van der Waals surface area contributed by atoms with Gasteiger partial charge in [-0.1, -0.05) is 54.5 Å². The molecule has 2 N–H and O–H groups in total. The number of benzene rings is 1. The van der Waals surface area contributed by atoms with Crippen LogP contribution in [0.2, 0.25) is 0 Å². The number of carbonyl (C=O) groups is 1. The zero-order valence-electron chi connectivity index (χ0n) is 20.1. The van der Waals surface area contributed by atoms with Gasteiger partial charge in [0.1, 0.15) is 11.4 Å². The molecule has 0 aliphatic rings. The maximum Gasteiger partial charge on any atom is 0.573 e. The second-order valence-corrected chi connectivity index (χ2v) is 7.18. The lowest BCUT2D eigenvalue weighted by atomic mass is 9.90. The molecule has 1 aromatic heterocycles. The fourth-order valence-electron chi connectivity index (χ4n) is 2.18. The lowest BCUT2D eigenvalue weighted by Crippen LogP contribution is -2.34. The lowest BCUT2D eigenvalue weighted by molar-refractivity contribution is -0.274. The molecule has 0 saturated heterocycles. The monoisotopic (exact) mass is 455 g/mol. The number of hydrogen-bond acceptors (Lipinski definition) is 4. The first-order valence-electron chi connectivity index (χ1n) is 10.9. The van der Waals surface area contributed by atoms with Gasteiger partial charge in [0.2, 0.25) is 0 Å². The molecule has 180 valence electrons. The Kier molecular flexibility index (Phi) is 13.1. The first kappa shape index (κ1) is 29.2. The van der Waals surface area contributed by atoms with E-state index in [1.807, 2.05) is 27.7 Å². The summed E-state index contributed by atoms with van der Waals surface area (Å²) in [5, 5.41) is 5.95. The van der Waals surface area contributed by atoms with E-state index in [0.717, 1.165) is 12.0 Å². The molecule has 1 amide bonds. The van der Waals surface area contributed by atoms with Crippen LogP contribution in [0.25, 0.3) is 0 Å². The molecule has 2 aromatic rings. The summed E-state index contributed by atoms with van der Waals surface area (Å²) in [5.74, 6) is -0.498. The van der Waals surface area contributed by atoms with Crippen LogP contribution in [-0.4, -0.2) is 23.8 Å². The molecule has 0 unspecified atom stereocenters. The normalized spacial score (nSPS) is 10.7. The Morgan fingerprint density at radius 1 is 1.00 bits per heavy atom. The van der Waals surface area contributed by atoms with Gasteiger partial charge in [0.05, 0.1) is 0 Å². The number of amides is 1. The molecule has 0 bridgehead atoms. The molecule has 0 spiro atoms. The van der Waals surface area contributed by atoms with Gasteiger partial charge in [-0.25, -0.2) is 0 Å². The highest BCUT2D eigenvalue weighted by atomic mass is 19.4. The highest BCUT2D eigenvalue weighted by Gasteiger charge is 2.30. The second-order valence-electron chi connectivity index (χ2n) is 7.18. The van der Waals surface area contributed by atoms with E-state index < -0.39 is 6.36 Å². The average Bonchev–Trinajstić information content (AvgIpc) is 2.79. The minimum atomic E-state index is -4.71. The summed E-state index contributed by atoms with van der Waals surface area (Å²) in [7, 11) is 0. The number of pyridine rings is 1. The molecule has 8 heteroatoms. The van der Waals surface area contributed by atoms with Gasteiger partial charge in [-0.3, -0.25) is 9.78 Å². The van der Waals surface area contributed by atoms with Crippen LogP contribution in [0.3, 0.4) is 0 Å². The molecule has 0 fully saturated rings. The molecule has 32 heavy (non-hydrogen) atoms. The predicted molar refractivity (Wildman–Crippen MR) is 124 cm³/mol. The SMILES string of the molecule is CC.CC.CCC(C)(C)CNC(=O)c1ccc(CNc2ccc(OC(F)(F)F)cc2)cn1. The number of nitrogens with one attached hydrogen (secondary N) is 2. The summed E-state index contributed by atoms with van der Waals surface area (Å²) in [6.07, 6.45) is -2.16. The number of alkyl halides is 3. The van der Waals surface area contributed by atoms with Crippen molar-refractivity contribution < 1.29 is 22.7 Å². The van der Waals surface area contributed by atoms with Crippen molar-refractivity contribution in [3.05, 3.63) is 53.9 Å². The second kappa shape index (κ2) is 14.3. The van der Waals surface area contributed by atoms with E-state index in [1.165, 1.54) is 24.3 Å². The van der Waals surface area contributed by atoms with E-state index in [0.29, 0.717) is 24.5 Å². The van der Waals surface area contributed by atoms with Gasteiger partial charge in [0.15, 0.2) is 0 Å². The molecule has 0 aliphatic heterocycles. The number of halogens is 3. The molecular weight excluding hydrogens is 419 g/mol. The number of ether oxygens (including phenoxy) is 1. The predicted octanol–water partition coefficient (Wildman–Crippen LogP) is 6.81. The summed E-state index contributed by atoms with van der Waals surface area (Å²) in [6, 6.07) is 8.88. The number of hydrogen-bond donors (Lipinski definition) is 2. The van der Waals surface area contributed by atoms with Crippen molar-refractivity contribution in [2.45, 2.75) is 67.8 Å². The minimum Gasteiger partial charge on any atom is -0.406 e. The van der Waals surface area contributed by atoms with Crippen molar-refractivity contribution in [3.63, 3.8) is 0 Å². The molecule has 1 heterocycles. The van der Waals surface area contributed by atoms with Crippen LogP contribution in [0.15, 0.2) is 42.6 Å². The third kappa shape index (κ3) is 11.6. The molecule has 2 rings (SSSR count). The van der Waals surface area contributed by atoms with E-state index in [2.05, 4.69) is 41.1 Å². The van der Waals surface area contributed by atoms with Crippen LogP contribution in [0.5, 0.6) is 5.75 Å². The highest BCUT2D eigenvalue weighted by molar-refractivity contribution is 5.92. The van der Waals surface area contributed by atoms with E-state index in [-0.39, 0.29) is 17.1 Å². The Bertz CT molecular complexity index is 775. The van der Waals surface area contributed by atoms with E-state index in [4.69, 9.17) is 0 Å². The standard InChI is InChI=1S/C20H24F3N3O2.2C2H6/c1-4-19(2,3)13-26-18(27)17-10-5-14(12-25-17)11-24-15-6-8-16(9-7-15)28-20(21,22)23;2*1-2/h5-10,12,24H,4,11,13H2,1-3H3,(H,26,27);2*1-2H3. The molecule has 0 radical (unpaired) electrons. The summed E-state index contributed by atoms with van der Waals surface area (Å²) in [5.41, 5.74) is 1.84. The van der Waals surface area contributed by atoms with Gasteiger partial charge in [0, 0.05) is 25.0 Å².